The highest BCUT2D eigenvalue weighted by Gasteiger charge is 2.34. The third-order valence-electron chi connectivity index (χ3n) is 6.65. The zero-order valence-corrected chi connectivity index (χ0v) is 22.3. The number of carbonyl (C=O) groups is 1. The van der Waals surface area contributed by atoms with E-state index in [1.54, 1.807) is 0 Å². The van der Waals surface area contributed by atoms with E-state index in [2.05, 4.69) is 20.2 Å². The number of ether oxygens (including phenoxy) is 1. The number of nitrogens with zero attached hydrogens (tertiary/aromatic N) is 3. The van der Waals surface area contributed by atoms with Crippen LogP contribution < -0.4 is 14.8 Å². The Morgan fingerprint density at radius 2 is 2.05 bits per heavy atom. The van der Waals surface area contributed by atoms with E-state index in [0.717, 1.165) is 33.7 Å². The van der Waals surface area contributed by atoms with Crippen molar-refractivity contribution in [1.29, 1.82) is 0 Å². The summed E-state index contributed by atoms with van der Waals surface area (Å²) in [5.74, 6) is 0.342. The lowest BCUT2D eigenvalue weighted by Gasteiger charge is -2.35. The molecule has 38 heavy (non-hydrogen) atoms. The molecule has 5 rings (SSSR count). The van der Waals surface area contributed by atoms with Gasteiger partial charge < -0.3 is 24.6 Å². The Bertz CT molecular complexity index is 1450. The summed E-state index contributed by atoms with van der Waals surface area (Å²) >= 11 is 0. The molecule has 1 unspecified atom stereocenters. The fourth-order valence-electron chi connectivity index (χ4n) is 4.82. The summed E-state index contributed by atoms with van der Waals surface area (Å²) in [4.78, 5) is 18.2. The number of aromatic nitrogens is 2. The number of nitrogens with one attached hydrogen (secondary N) is 2. The first-order chi connectivity index (χ1) is 18.1. The Morgan fingerprint density at radius 3 is 2.76 bits per heavy atom. The minimum atomic E-state index is -3.86. The van der Waals surface area contributed by atoms with Gasteiger partial charge in [-0.2, -0.15) is 4.98 Å². The van der Waals surface area contributed by atoms with Crippen molar-refractivity contribution in [3.05, 3.63) is 47.5 Å². The van der Waals surface area contributed by atoms with Gasteiger partial charge in [0.15, 0.2) is 0 Å². The smallest absolute Gasteiger partial charge is 0.258 e. The third-order valence-corrected chi connectivity index (χ3v) is 7.92. The maximum atomic E-state index is 12.7. The number of anilines is 1. The molecule has 2 heterocycles. The Hall–Kier alpha value is -3.48. The van der Waals surface area contributed by atoms with Crippen molar-refractivity contribution in [1.82, 2.24) is 19.8 Å². The monoisotopic (exact) mass is 541 g/mol. The lowest BCUT2D eigenvalue weighted by Crippen LogP contribution is -2.55. The summed E-state index contributed by atoms with van der Waals surface area (Å²) in [5, 5.41) is 16.7. The van der Waals surface area contributed by atoms with E-state index in [9.17, 15) is 18.3 Å². The molecule has 2 aliphatic rings. The third kappa shape index (κ3) is 5.38. The number of amides is 1. The van der Waals surface area contributed by atoms with E-state index >= 15 is 0 Å². The van der Waals surface area contributed by atoms with E-state index in [-0.39, 0.29) is 19.2 Å². The lowest BCUT2D eigenvalue weighted by molar-refractivity contribution is -0.138. The van der Waals surface area contributed by atoms with E-state index in [4.69, 9.17) is 9.26 Å². The van der Waals surface area contributed by atoms with Gasteiger partial charge >= 0.3 is 0 Å². The van der Waals surface area contributed by atoms with Gasteiger partial charge in [-0.3, -0.25) is 4.79 Å². The van der Waals surface area contributed by atoms with Gasteiger partial charge in [0.1, 0.15) is 11.5 Å². The summed E-state index contributed by atoms with van der Waals surface area (Å²) in [6.45, 7) is 4.26. The standard InChI is InChI=1S/C26H31N5O6S/c1-15(2)36-23-10-7-16(11-22(23)27-3)26-28-25(29-37-26)20-6-4-5-19-18(20)8-9-21(19)30-38(34,35)14-24(33)31-12-17(32)13-31/h4-7,10-11,15,17,21,27,30,32H,8-9,12-14H2,1-3H3. The molecular weight excluding hydrogens is 510 g/mol. The first-order valence-corrected chi connectivity index (χ1v) is 14.2. The van der Waals surface area contributed by atoms with E-state index in [1.807, 2.05) is 57.3 Å². The van der Waals surface area contributed by atoms with Gasteiger partial charge in [0.2, 0.25) is 21.8 Å². The van der Waals surface area contributed by atoms with Gasteiger partial charge in [-0.1, -0.05) is 23.4 Å². The molecule has 1 saturated heterocycles. The largest absolute Gasteiger partial charge is 0.489 e. The molecule has 0 spiro atoms. The van der Waals surface area contributed by atoms with Crippen molar-refractivity contribution in [2.45, 2.75) is 44.9 Å². The predicted octanol–water partition coefficient (Wildman–Crippen LogP) is 2.34. The maximum absolute atomic E-state index is 12.7. The predicted molar refractivity (Wildman–Crippen MR) is 141 cm³/mol. The number of benzene rings is 2. The van der Waals surface area contributed by atoms with Crippen molar-refractivity contribution >= 4 is 21.6 Å². The Labute approximate surface area is 221 Å². The van der Waals surface area contributed by atoms with Crippen molar-refractivity contribution in [3.63, 3.8) is 0 Å². The number of likely N-dealkylation sites (tertiary alicyclic amines) is 1. The number of carbonyl (C=O) groups excluding carboxylic acids is 1. The zero-order valence-electron chi connectivity index (χ0n) is 21.5. The van der Waals surface area contributed by atoms with Crippen LogP contribution in [0.2, 0.25) is 0 Å². The number of hydrogen-bond donors (Lipinski definition) is 3. The highest BCUT2D eigenvalue weighted by atomic mass is 32.2. The normalized spacial score (nSPS) is 17.4. The van der Waals surface area contributed by atoms with Crippen LogP contribution in [0.1, 0.15) is 37.4 Å². The summed E-state index contributed by atoms with van der Waals surface area (Å²) in [6, 6.07) is 10.7. The highest BCUT2D eigenvalue weighted by molar-refractivity contribution is 7.90. The topological polar surface area (TPSA) is 147 Å². The van der Waals surface area contributed by atoms with Crippen LogP contribution in [0.25, 0.3) is 22.8 Å². The second-order valence-corrected chi connectivity index (χ2v) is 11.6. The molecule has 12 heteroatoms. The summed E-state index contributed by atoms with van der Waals surface area (Å²) in [5.41, 5.74) is 4.09. The molecule has 1 aliphatic heterocycles. The first kappa shape index (κ1) is 26.1. The van der Waals surface area contributed by atoms with Crippen LogP contribution in [0.5, 0.6) is 5.75 Å². The van der Waals surface area contributed by atoms with E-state index in [1.165, 1.54) is 4.90 Å². The van der Waals surface area contributed by atoms with Crippen LogP contribution in [-0.2, 0) is 21.2 Å². The number of hydrogen-bond acceptors (Lipinski definition) is 9. The molecule has 0 saturated carbocycles. The summed E-state index contributed by atoms with van der Waals surface area (Å²) in [6.07, 6.45) is 0.630. The van der Waals surface area contributed by atoms with Crippen LogP contribution >= 0.6 is 0 Å². The van der Waals surface area contributed by atoms with Crippen LogP contribution in [0.3, 0.4) is 0 Å². The Morgan fingerprint density at radius 1 is 1.26 bits per heavy atom. The summed E-state index contributed by atoms with van der Waals surface area (Å²) < 4.78 is 39.5. The lowest BCUT2D eigenvalue weighted by atomic mass is 10.0. The summed E-state index contributed by atoms with van der Waals surface area (Å²) in [7, 11) is -2.05. The number of fused-ring (bicyclic) bond motifs is 1. The number of rotatable bonds is 9. The van der Waals surface area contributed by atoms with E-state index < -0.39 is 33.8 Å². The van der Waals surface area contributed by atoms with Crippen molar-refractivity contribution in [2.24, 2.45) is 0 Å². The van der Waals surface area contributed by atoms with E-state index in [0.29, 0.717) is 24.6 Å². The van der Waals surface area contributed by atoms with Gasteiger partial charge in [0.25, 0.3) is 5.89 Å². The quantitative estimate of drug-likeness (QED) is 0.371. The second-order valence-electron chi connectivity index (χ2n) is 9.84. The van der Waals surface area contributed by atoms with Gasteiger partial charge in [-0.05, 0) is 56.0 Å². The van der Waals surface area contributed by atoms with Crippen LogP contribution in [0.4, 0.5) is 5.69 Å². The number of β-amino-alcohol motifs (C(OH)–C–C–N with tert-alkyl or cyclic N) is 1. The van der Waals surface area contributed by atoms with Crippen molar-refractivity contribution < 1.29 is 27.6 Å². The number of aliphatic hydroxyl groups is 1. The SMILES string of the molecule is CNc1cc(-c2nc(-c3cccc4c3CCC4NS(=O)(=O)CC(=O)N3CC(O)C3)no2)ccc1OC(C)C. The maximum Gasteiger partial charge on any atom is 0.258 e. The van der Waals surface area contributed by atoms with Crippen LogP contribution in [0.15, 0.2) is 40.9 Å². The molecule has 11 nitrogen and oxygen atoms in total. The number of aliphatic hydroxyl groups excluding tert-OH is 1. The fourth-order valence-corrected chi connectivity index (χ4v) is 6.09. The Balaban J connectivity index is 1.34. The minimum Gasteiger partial charge on any atom is -0.489 e. The number of sulfonamides is 1. The van der Waals surface area contributed by atoms with Crippen molar-refractivity contribution in [2.75, 3.05) is 31.2 Å². The molecule has 1 fully saturated rings. The highest BCUT2D eigenvalue weighted by Crippen LogP contribution is 2.38. The molecule has 1 aromatic heterocycles. The van der Waals surface area contributed by atoms with Crippen LogP contribution in [-0.4, -0.2) is 72.6 Å². The Kier molecular flexibility index (Phi) is 7.12. The molecule has 0 bridgehead atoms. The molecule has 2 aromatic carbocycles. The van der Waals surface area contributed by atoms with Gasteiger partial charge in [-0.15, -0.1) is 0 Å². The van der Waals surface area contributed by atoms with Gasteiger partial charge in [0.05, 0.1) is 17.9 Å². The molecule has 1 amide bonds. The minimum absolute atomic E-state index is 0.0338. The average Bonchev–Trinajstić information content (AvgIpc) is 3.49. The fraction of sp³-hybridized carbons (Fsp3) is 0.423. The zero-order chi connectivity index (χ0) is 27.0. The molecule has 1 aliphatic carbocycles. The average molecular weight is 542 g/mol. The molecular formula is C26H31N5O6S. The second kappa shape index (κ2) is 10.4. The molecule has 0 radical (unpaired) electrons. The van der Waals surface area contributed by atoms with Crippen molar-refractivity contribution in [3.8, 4) is 28.6 Å². The first-order valence-electron chi connectivity index (χ1n) is 12.5. The molecule has 3 N–H and O–H groups in total. The van der Waals surface area contributed by atoms with Gasteiger partial charge in [0, 0.05) is 37.3 Å². The molecule has 3 aromatic rings. The molecule has 202 valence electrons. The van der Waals surface area contributed by atoms with Crippen LogP contribution in [0, 0.1) is 0 Å². The van der Waals surface area contributed by atoms with Gasteiger partial charge in [-0.25, -0.2) is 13.1 Å². The molecule has 1 atom stereocenters.